The quantitative estimate of drug-likeness (QED) is 0.530. The van der Waals surface area contributed by atoms with Crippen molar-refractivity contribution in [2.45, 2.75) is 32.2 Å². The van der Waals surface area contributed by atoms with Crippen LogP contribution in [0.5, 0.6) is 0 Å². The Labute approximate surface area is 74.8 Å². The third-order valence-corrected chi connectivity index (χ3v) is 3.20. The number of nitrogens with zero attached hydrogens (tertiary/aromatic N) is 1. The average molecular weight is 163 g/mol. The largest absolute Gasteiger partial charge is 0.299 e. The van der Waals surface area contributed by atoms with E-state index in [4.69, 9.17) is 0 Å². The molecule has 0 saturated carbocycles. The number of allylic oxidation sites excluding steroid dienone is 1. The summed E-state index contributed by atoms with van der Waals surface area (Å²) in [5.41, 5.74) is 3.30. The van der Waals surface area contributed by atoms with Crippen LogP contribution in [0.1, 0.15) is 26.2 Å². The normalized spacial score (nSPS) is 30.7. The molecular weight excluding hydrogens is 146 g/mol. The molecule has 2 aliphatic rings. The van der Waals surface area contributed by atoms with Gasteiger partial charge in [-0.2, -0.15) is 0 Å². The molecule has 1 heterocycles. The lowest BCUT2D eigenvalue weighted by atomic mass is 9.87. The van der Waals surface area contributed by atoms with E-state index in [9.17, 15) is 0 Å². The third kappa shape index (κ3) is 1.22. The fraction of sp³-hybridized carbons (Fsp3) is 0.636. The summed E-state index contributed by atoms with van der Waals surface area (Å²) in [5, 5.41) is 0. The minimum absolute atomic E-state index is 0.644. The van der Waals surface area contributed by atoms with Crippen molar-refractivity contribution >= 4 is 0 Å². The lowest BCUT2D eigenvalue weighted by molar-refractivity contribution is 0.273. The average Bonchev–Trinajstić information content (AvgIpc) is 2.12. The van der Waals surface area contributed by atoms with E-state index in [2.05, 4.69) is 31.0 Å². The van der Waals surface area contributed by atoms with Crippen molar-refractivity contribution < 1.29 is 0 Å². The van der Waals surface area contributed by atoms with Gasteiger partial charge in [-0.05, 0) is 38.8 Å². The molecule has 1 atom stereocenters. The molecule has 2 rings (SSSR count). The summed E-state index contributed by atoms with van der Waals surface area (Å²) >= 11 is 0. The maximum atomic E-state index is 2.44. The smallest absolute Gasteiger partial charge is 0.0316 e. The zero-order valence-corrected chi connectivity index (χ0v) is 8.01. The van der Waals surface area contributed by atoms with Crippen LogP contribution in [0.3, 0.4) is 0 Å². The first-order chi connectivity index (χ1) is 5.79. The van der Waals surface area contributed by atoms with E-state index < -0.39 is 0 Å². The molecule has 0 aromatic carbocycles. The molecule has 1 heteroatoms. The van der Waals surface area contributed by atoms with Gasteiger partial charge in [-0.1, -0.05) is 17.7 Å². The number of rotatable bonds is 0. The molecule has 0 aromatic rings. The summed E-state index contributed by atoms with van der Waals surface area (Å²) < 4.78 is 0. The highest BCUT2D eigenvalue weighted by Crippen LogP contribution is 2.29. The van der Waals surface area contributed by atoms with Gasteiger partial charge in [-0.3, -0.25) is 4.90 Å². The van der Waals surface area contributed by atoms with Crippen molar-refractivity contribution in [2.75, 3.05) is 13.6 Å². The first-order valence-electron chi connectivity index (χ1n) is 4.88. The molecule has 66 valence electrons. The van der Waals surface area contributed by atoms with Crippen molar-refractivity contribution in [2.24, 2.45) is 0 Å². The fourth-order valence-electron chi connectivity index (χ4n) is 2.18. The van der Waals surface area contributed by atoms with Crippen LogP contribution in [0.25, 0.3) is 0 Å². The Kier molecular flexibility index (Phi) is 2.05. The van der Waals surface area contributed by atoms with E-state index in [0.717, 1.165) is 0 Å². The van der Waals surface area contributed by atoms with Crippen LogP contribution in [0.4, 0.5) is 0 Å². The zero-order chi connectivity index (χ0) is 8.55. The van der Waals surface area contributed by atoms with Crippen LogP contribution < -0.4 is 0 Å². The van der Waals surface area contributed by atoms with Gasteiger partial charge < -0.3 is 0 Å². The minimum Gasteiger partial charge on any atom is -0.299 e. The molecule has 0 unspecified atom stereocenters. The van der Waals surface area contributed by atoms with E-state index >= 15 is 0 Å². The van der Waals surface area contributed by atoms with Gasteiger partial charge in [-0.25, -0.2) is 0 Å². The summed E-state index contributed by atoms with van der Waals surface area (Å²) in [6.07, 6.45) is 8.51. The van der Waals surface area contributed by atoms with Gasteiger partial charge in [0.25, 0.3) is 0 Å². The molecular formula is C11H17N. The minimum atomic E-state index is 0.644. The summed E-state index contributed by atoms with van der Waals surface area (Å²) in [6.45, 7) is 3.55. The Bertz CT molecular complexity index is 237. The van der Waals surface area contributed by atoms with Gasteiger partial charge in [-0.15, -0.1) is 0 Å². The van der Waals surface area contributed by atoms with Crippen molar-refractivity contribution in [3.63, 3.8) is 0 Å². The van der Waals surface area contributed by atoms with Gasteiger partial charge in [0.1, 0.15) is 0 Å². The van der Waals surface area contributed by atoms with E-state index in [0.29, 0.717) is 6.04 Å². The highest BCUT2D eigenvalue weighted by molar-refractivity contribution is 5.35. The van der Waals surface area contributed by atoms with Gasteiger partial charge in [0.05, 0.1) is 0 Å². The molecule has 1 nitrogen and oxygen atoms in total. The van der Waals surface area contributed by atoms with Crippen LogP contribution in [0, 0.1) is 0 Å². The Morgan fingerprint density at radius 3 is 3.08 bits per heavy atom. The Hall–Kier alpha value is -0.560. The molecule has 0 amide bonds. The van der Waals surface area contributed by atoms with E-state index in [1.807, 2.05) is 0 Å². The summed E-state index contributed by atoms with van der Waals surface area (Å²) in [4.78, 5) is 2.44. The van der Waals surface area contributed by atoms with Crippen LogP contribution in [0.15, 0.2) is 23.3 Å². The van der Waals surface area contributed by atoms with Crippen molar-refractivity contribution in [3.8, 4) is 0 Å². The molecule has 1 aliphatic carbocycles. The second-order valence-corrected chi connectivity index (χ2v) is 3.91. The molecule has 0 saturated heterocycles. The lowest BCUT2D eigenvalue weighted by Crippen LogP contribution is -2.36. The molecule has 0 bridgehead atoms. The maximum absolute atomic E-state index is 2.44. The molecule has 0 spiro atoms. The van der Waals surface area contributed by atoms with E-state index in [1.165, 1.54) is 25.8 Å². The van der Waals surface area contributed by atoms with Crippen LogP contribution in [0.2, 0.25) is 0 Å². The standard InChI is InChI=1S/C11H17N/c1-9-11-6-4-3-5-10(11)7-8-12(9)2/h4,6,9H,3,5,7-8H2,1-2H3/t9-/m1/s1. The Balaban J connectivity index is 2.28. The van der Waals surface area contributed by atoms with Gasteiger partial charge >= 0.3 is 0 Å². The Morgan fingerprint density at radius 1 is 1.42 bits per heavy atom. The van der Waals surface area contributed by atoms with Gasteiger partial charge in [0, 0.05) is 12.6 Å². The molecule has 0 N–H and O–H groups in total. The second-order valence-electron chi connectivity index (χ2n) is 3.91. The SMILES string of the molecule is C[C@@H]1C2=C(CCC=C2)CCN1C. The highest BCUT2D eigenvalue weighted by atomic mass is 15.1. The number of hydrogen-bond donors (Lipinski definition) is 0. The highest BCUT2D eigenvalue weighted by Gasteiger charge is 2.22. The first kappa shape index (κ1) is 8.06. The topological polar surface area (TPSA) is 3.24 Å². The fourth-order valence-corrected chi connectivity index (χ4v) is 2.18. The second kappa shape index (κ2) is 3.06. The summed E-state index contributed by atoms with van der Waals surface area (Å²) in [7, 11) is 2.22. The Morgan fingerprint density at radius 2 is 2.25 bits per heavy atom. The summed E-state index contributed by atoms with van der Waals surface area (Å²) in [6, 6.07) is 0.644. The lowest BCUT2D eigenvalue weighted by Gasteiger charge is -2.34. The molecule has 0 radical (unpaired) electrons. The number of hydrogen-bond acceptors (Lipinski definition) is 1. The van der Waals surface area contributed by atoms with Crippen LogP contribution in [-0.2, 0) is 0 Å². The molecule has 12 heavy (non-hydrogen) atoms. The van der Waals surface area contributed by atoms with E-state index in [-0.39, 0.29) is 0 Å². The van der Waals surface area contributed by atoms with E-state index in [1.54, 1.807) is 11.1 Å². The van der Waals surface area contributed by atoms with Crippen molar-refractivity contribution in [1.82, 2.24) is 4.90 Å². The zero-order valence-electron chi connectivity index (χ0n) is 8.01. The van der Waals surface area contributed by atoms with Crippen LogP contribution >= 0.6 is 0 Å². The van der Waals surface area contributed by atoms with Gasteiger partial charge in [0.2, 0.25) is 0 Å². The molecule has 0 fully saturated rings. The maximum Gasteiger partial charge on any atom is 0.0316 e. The predicted octanol–water partition coefficient (Wildman–Crippen LogP) is 2.36. The monoisotopic (exact) mass is 163 g/mol. The van der Waals surface area contributed by atoms with Crippen molar-refractivity contribution in [3.05, 3.63) is 23.3 Å². The number of likely N-dealkylation sites (N-methyl/N-ethyl adjacent to an activating group) is 1. The summed E-state index contributed by atoms with van der Waals surface area (Å²) in [5.74, 6) is 0. The third-order valence-electron chi connectivity index (χ3n) is 3.20. The van der Waals surface area contributed by atoms with Crippen LogP contribution in [-0.4, -0.2) is 24.5 Å². The predicted molar refractivity (Wildman–Crippen MR) is 52.1 cm³/mol. The molecule has 1 aliphatic heterocycles. The first-order valence-corrected chi connectivity index (χ1v) is 4.88. The molecule has 0 aromatic heterocycles. The van der Waals surface area contributed by atoms with Gasteiger partial charge in [0.15, 0.2) is 0 Å². The van der Waals surface area contributed by atoms with Crippen molar-refractivity contribution in [1.29, 1.82) is 0 Å².